The van der Waals surface area contributed by atoms with Crippen LogP contribution in [-0.4, -0.2) is 28.8 Å². The van der Waals surface area contributed by atoms with Gasteiger partial charge in [-0.15, -0.1) is 9.19 Å². The van der Waals surface area contributed by atoms with Gasteiger partial charge in [0.1, 0.15) is 5.69 Å². The Morgan fingerprint density at radius 2 is 1.82 bits per heavy atom. The van der Waals surface area contributed by atoms with Crippen molar-refractivity contribution >= 4 is 16.0 Å². The van der Waals surface area contributed by atoms with Gasteiger partial charge in [-0.3, -0.25) is 4.79 Å². The van der Waals surface area contributed by atoms with E-state index in [2.05, 4.69) is 10.3 Å². The molecule has 1 aromatic heterocycles. The maximum atomic E-state index is 12.5. The van der Waals surface area contributed by atoms with Gasteiger partial charge in [0, 0.05) is 6.92 Å². The van der Waals surface area contributed by atoms with Crippen LogP contribution in [0.5, 0.6) is 0 Å². The first-order valence-corrected chi connectivity index (χ1v) is 8.01. The van der Waals surface area contributed by atoms with Crippen LogP contribution in [0, 0.1) is 6.92 Å². The first kappa shape index (κ1) is 16.2. The van der Waals surface area contributed by atoms with Crippen LogP contribution in [0.2, 0.25) is 0 Å². The molecule has 0 aliphatic heterocycles. The van der Waals surface area contributed by atoms with Crippen LogP contribution in [0.15, 0.2) is 35.4 Å². The Morgan fingerprint density at radius 1 is 1.23 bits per heavy atom. The Morgan fingerprint density at radius 3 is 2.36 bits per heavy atom. The fourth-order valence-electron chi connectivity index (χ4n) is 1.87. The summed E-state index contributed by atoms with van der Waals surface area (Å²) in [7, 11) is -3.82. The topological polar surface area (TPSA) is 91.2 Å². The van der Waals surface area contributed by atoms with Crippen LogP contribution in [0.3, 0.4) is 0 Å². The number of aryl methyl sites for hydroxylation is 1. The van der Waals surface area contributed by atoms with Crippen LogP contribution < -0.4 is 0 Å². The van der Waals surface area contributed by atoms with Crippen LogP contribution in [0.4, 0.5) is 0 Å². The summed E-state index contributed by atoms with van der Waals surface area (Å²) in [6.45, 7) is 6.36. The van der Waals surface area contributed by atoms with Crippen LogP contribution in [-0.2, 0) is 25.2 Å². The van der Waals surface area contributed by atoms with Crippen molar-refractivity contribution in [1.29, 1.82) is 0 Å². The number of benzene rings is 1. The van der Waals surface area contributed by atoms with Crippen molar-refractivity contribution in [3.05, 3.63) is 41.7 Å². The van der Waals surface area contributed by atoms with Crippen LogP contribution in [0.25, 0.3) is 0 Å². The van der Waals surface area contributed by atoms with E-state index in [0.717, 1.165) is 9.65 Å². The summed E-state index contributed by atoms with van der Waals surface area (Å²) in [6.07, 6.45) is 1.25. The second-order valence-electron chi connectivity index (χ2n) is 5.40. The third kappa shape index (κ3) is 3.16. The third-order valence-corrected chi connectivity index (χ3v) is 4.59. The van der Waals surface area contributed by atoms with Gasteiger partial charge in [-0.2, -0.15) is 8.42 Å². The molecule has 0 atom stereocenters. The summed E-state index contributed by atoms with van der Waals surface area (Å²) in [5, 5.41) is 7.45. The standard InChI is InChI=1S/C14H17N3O4S/c1-10-5-7-12(8-6-10)22(19,20)17-9-13(15-16-17)14(3,4)21-11(2)18/h5-9H,1-4H3. The quantitative estimate of drug-likeness (QED) is 0.794. The number of carbonyl (C=O) groups is 1. The van der Waals surface area contributed by atoms with Crippen molar-refractivity contribution in [1.82, 2.24) is 14.4 Å². The smallest absolute Gasteiger partial charge is 0.303 e. The minimum atomic E-state index is -3.82. The van der Waals surface area contributed by atoms with Crippen LogP contribution in [0.1, 0.15) is 32.0 Å². The highest BCUT2D eigenvalue weighted by Gasteiger charge is 2.30. The Hall–Kier alpha value is -2.22. The molecule has 0 amide bonds. The average molecular weight is 323 g/mol. The van der Waals surface area contributed by atoms with Gasteiger partial charge in [-0.25, -0.2) is 0 Å². The molecule has 1 heterocycles. The number of esters is 1. The summed E-state index contributed by atoms with van der Waals surface area (Å²) >= 11 is 0. The van der Waals surface area contributed by atoms with Crippen molar-refractivity contribution in [2.75, 3.05) is 0 Å². The second-order valence-corrected chi connectivity index (χ2v) is 7.19. The van der Waals surface area contributed by atoms with E-state index in [0.29, 0.717) is 0 Å². The Kier molecular flexibility index (Phi) is 4.06. The number of hydrogen-bond acceptors (Lipinski definition) is 6. The molecule has 0 N–H and O–H groups in total. The van der Waals surface area contributed by atoms with E-state index in [9.17, 15) is 13.2 Å². The van der Waals surface area contributed by atoms with E-state index in [1.54, 1.807) is 26.0 Å². The van der Waals surface area contributed by atoms with Crippen molar-refractivity contribution in [3.63, 3.8) is 0 Å². The summed E-state index contributed by atoms with van der Waals surface area (Å²) < 4.78 is 30.8. The van der Waals surface area contributed by atoms with Gasteiger partial charge >= 0.3 is 5.97 Å². The Labute approximate surface area is 129 Å². The lowest BCUT2D eigenvalue weighted by Crippen LogP contribution is -2.24. The number of carbonyl (C=O) groups excluding carboxylic acids is 1. The molecule has 0 saturated heterocycles. The van der Waals surface area contributed by atoms with E-state index in [1.807, 2.05) is 6.92 Å². The first-order valence-electron chi connectivity index (χ1n) is 6.57. The minimum Gasteiger partial charge on any atom is -0.453 e. The van der Waals surface area contributed by atoms with Gasteiger partial charge in [0.05, 0.1) is 11.1 Å². The first-order chi connectivity index (χ1) is 10.1. The molecule has 1 aromatic carbocycles. The normalized spacial score (nSPS) is 12.2. The van der Waals surface area contributed by atoms with Gasteiger partial charge in [-0.05, 0) is 32.9 Å². The molecule has 0 saturated carbocycles. The lowest BCUT2D eigenvalue weighted by atomic mass is 10.1. The van der Waals surface area contributed by atoms with Crippen molar-refractivity contribution in [3.8, 4) is 0 Å². The number of ether oxygens (including phenoxy) is 1. The molecule has 0 radical (unpaired) electrons. The zero-order valence-corrected chi connectivity index (χ0v) is 13.6. The summed E-state index contributed by atoms with van der Waals surface area (Å²) in [5.74, 6) is -0.485. The fraction of sp³-hybridized carbons (Fsp3) is 0.357. The van der Waals surface area contributed by atoms with Gasteiger partial charge in [0.25, 0.3) is 10.0 Å². The number of aromatic nitrogens is 3. The molecule has 7 nitrogen and oxygen atoms in total. The number of rotatable bonds is 4. The lowest BCUT2D eigenvalue weighted by Gasteiger charge is -2.21. The monoisotopic (exact) mass is 323 g/mol. The van der Waals surface area contributed by atoms with Gasteiger partial charge in [0.2, 0.25) is 0 Å². The lowest BCUT2D eigenvalue weighted by molar-refractivity contribution is -0.154. The summed E-state index contributed by atoms with van der Waals surface area (Å²) in [4.78, 5) is 11.2. The molecule has 22 heavy (non-hydrogen) atoms. The van der Waals surface area contributed by atoms with Crippen molar-refractivity contribution in [2.24, 2.45) is 0 Å². The zero-order valence-electron chi connectivity index (χ0n) is 12.8. The maximum absolute atomic E-state index is 12.5. The molecule has 0 unspecified atom stereocenters. The molecule has 2 aromatic rings. The average Bonchev–Trinajstić information content (AvgIpc) is 2.88. The number of hydrogen-bond donors (Lipinski definition) is 0. The molecule has 2 rings (SSSR count). The fourth-order valence-corrected chi connectivity index (χ4v) is 2.94. The molecule has 0 spiro atoms. The minimum absolute atomic E-state index is 0.111. The third-order valence-electron chi connectivity index (χ3n) is 3.05. The van der Waals surface area contributed by atoms with Gasteiger partial charge < -0.3 is 4.74 Å². The molecular weight excluding hydrogens is 306 g/mol. The van der Waals surface area contributed by atoms with E-state index < -0.39 is 21.6 Å². The predicted molar refractivity (Wildman–Crippen MR) is 78.6 cm³/mol. The molecular formula is C14H17N3O4S. The largest absolute Gasteiger partial charge is 0.453 e. The molecule has 0 fully saturated rings. The van der Waals surface area contributed by atoms with Gasteiger partial charge in [-0.1, -0.05) is 22.9 Å². The van der Waals surface area contributed by atoms with Crippen molar-refractivity contribution in [2.45, 2.75) is 38.2 Å². The molecule has 0 aliphatic carbocycles. The number of nitrogens with zero attached hydrogens (tertiary/aromatic N) is 3. The molecule has 8 heteroatoms. The highest BCUT2D eigenvalue weighted by Crippen LogP contribution is 2.23. The molecule has 0 aliphatic rings. The zero-order chi connectivity index (χ0) is 16.5. The summed E-state index contributed by atoms with van der Waals surface area (Å²) in [6, 6.07) is 6.41. The predicted octanol–water partition coefficient (Wildman–Crippen LogP) is 1.62. The van der Waals surface area contributed by atoms with Crippen molar-refractivity contribution < 1.29 is 17.9 Å². The van der Waals surface area contributed by atoms with E-state index in [1.165, 1.54) is 25.3 Å². The highest BCUT2D eigenvalue weighted by molar-refractivity contribution is 7.89. The summed E-state index contributed by atoms with van der Waals surface area (Å²) in [5.41, 5.74) is 0.139. The van der Waals surface area contributed by atoms with E-state index >= 15 is 0 Å². The van der Waals surface area contributed by atoms with E-state index in [4.69, 9.17) is 4.74 Å². The van der Waals surface area contributed by atoms with E-state index in [-0.39, 0.29) is 10.6 Å². The SMILES string of the molecule is CC(=O)OC(C)(C)c1cn(S(=O)(=O)c2ccc(C)cc2)nn1. The second kappa shape index (κ2) is 5.53. The van der Waals surface area contributed by atoms with Gasteiger partial charge in [0.15, 0.2) is 5.60 Å². The maximum Gasteiger partial charge on any atom is 0.303 e. The highest BCUT2D eigenvalue weighted by atomic mass is 32.2. The Balaban J connectivity index is 2.38. The Bertz CT molecular complexity index is 792. The van der Waals surface area contributed by atoms with Crippen LogP contribution >= 0.6 is 0 Å². The molecule has 118 valence electrons. The molecule has 0 bridgehead atoms.